The maximum Gasteiger partial charge on any atom is 0.306 e. The summed E-state index contributed by atoms with van der Waals surface area (Å²) in [6, 6.07) is 0. The summed E-state index contributed by atoms with van der Waals surface area (Å²) in [6.45, 7) is 4.17. The first kappa shape index (κ1) is 56.6. The SMILES string of the molecule is CCCCCCCCCCCCCCCCCCCC/C=C/CCCC(=O)OC[C@H](CO)OC(=O)CCCCCCCCCCCCCCCCCCCCCCC. The first-order valence-electron chi connectivity index (χ1n) is 26.2. The number of aliphatic hydroxyl groups is 1. The van der Waals surface area contributed by atoms with Crippen LogP contribution in [0.5, 0.6) is 0 Å². The molecule has 0 aromatic rings. The first-order chi connectivity index (χ1) is 28.6. The van der Waals surface area contributed by atoms with Gasteiger partial charge in [-0.2, -0.15) is 0 Å². The molecule has 0 aromatic heterocycles. The van der Waals surface area contributed by atoms with Crippen LogP contribution in [0, 0.1) is 0 Å². The molecule has 5 nitrogen and oxygen atoms in total. The van der Waals surface area contributed by atoms with E-state index in [4.69, 9.17) is 9.47 Å². The van der Waals surface area contributed by atoms with E-state index in [2.05, 4.69) is 26.0 Å². The molecule has 0 aliphatic carbocycles. The normalized spacial score (nSPS) is 12.1. The molecule has 0 aliphatic heterocycles. The lowest BCUT2D eigenvalue weighted by molar-refractivity contribution is -0.161. The lowest BCUT2D eigenvalue weighted by atomic mass is 10.0. The van der Waals surface area contributed by atoms with Crippen LogP contribution in [-0.2, 0) is 19.1 Å². The third-order valence-corrected chi connectivity index (χ3v) is 12.1. The number of ether oxygens (including phenoxy) is 2. The predicted molar refractivity (Wildman–Crippen MR) is 252 cm³/mol. The number of esters is 2. The second kappa shape index (κ2) is 50.0. The van der Waals surface area contributed by atoms with Crippen LogP contribution >= 0.6 is 0 Å². The zero-order valence-corrected chi connectivity index (χ0v) is 39.3. The quantitative estimate of drug-likeness (QED) is 0.0376. The van der Waals surface area contributed by atoms with Crippen LogP contribution in [0.4, 0.5) is 0 Å². The maximum absolute atomic E-state index is 12.3. The summed E-state index contributed by atoms with van der Waals surface area (Å²) >= 11 is 0. The Kier molecular flexibility index (Phi) is 48.8. The van der Waals surface area contributed by atoms with E-state index in [1.165, 1.54) is 231 Å². The Hall–Kier alpha value is -1.36. The Labute approximate surface area is 362 Å². The molecule has 0 bridgehead atoms. The predicted octanol–water partition coefficient (Wildman–Crippen LogP) is 17.2. The van der Waals surface area contributed by atoms with Crippen molar-refractivity contribution in [2.75, 3.05) is 13.2 Å². The molecule has 0 radical (unpaired) electrons. The summed E-state index contributed by atoms with van der Waals surface area (Å²) in [5.41, 5.74) is 0. The fraction of sp³-hybridized carbons (Fsp3) is 0.925. The van der Waals surface area contributed by atoms with E-state index in [0.29, 0.717) is 12.8 Å². The molecular weight excluding hydrogens is 717 g/mol. The molecule has 0 aromatic carbocycles. The Morgan fingerprint density at radius 1 is 0.379 bits per heavy atom. The molecule has 0 spiro atoms. The van der Waals surface area contributed by atoms with Crippen LogP contribution in [0.15, 0.2) is 12.2 Å². The van der Waals surface area contributed by atoms with Crippen molar-refractivity contribution in [3.8, 4) is 0 Å². The highest BCUT2D eigenvalue weighted by Crippen LogP contribution is 2.17. The standard InChI is InChI=1S/C53H102O5/c1-3-5-7-9-11-13-15-17-19-21-23-25-26-28-29-31-33-35-37-39-41-43-45-47-52(55)57-50-51(49-54)58-53(56)48-46-44-42-40-38-36-34-32-30-27-24-22-20-18-16-14-12-10-8-6-4-2/h39,41,51,54H,3-38,40,42-50H2,1-2H3/b41-39+/t51-/m0/s1. The third kappa shape index (κ3) is 47.3. The third-order valence-electron chi connectivity index (χ3n) is 12.1. The van der Waals surface area contributed by atoms with Crippen LogP contribution in [0.2, 0.25) is 0 Å². The molecular formula is C53H102O5. The van der Waals surface area contributed by atoms with E-state index in [9.17, 15) is 14.7 Å². The maximum atomic E-state index is 12.3. The van der Waals surface area contributed by atoms with Gasteiger partial charge in [-0.05, 0) is 32.1 Å². The van der Waals surface area contributed by atoms with Crippen molar-refractivity contribution in [2.24, 2.45) is 0 Å². The van der Waals surface area contributed by atoms with E-state index in [1.54, 1.807) is 0 Å². The molecule has 1 atom stereocenters. The van der Waals surface area contributed by atoms with Crippen molar-refractivity contribution < 1.29 is 24.2 Å². The largest absolute Gasteiger partial charge is 0.462 e. The van der Waals surface area contributed by atoms with E-state index in [0.717, 1.165) is 38.5 Å². The second-order valence-electron chi connectivity index (χ2n) is 18.0. The number of carbonyl (C=O) groups excluding carboxylic acids is 2. The number of hydrogen-bond donors (Lipinski definition) is 1. The van der Waals surface area contributed by atoms with E-state index in [1.807, 2.05) is 0 Å². The highest BCUT2D eigenvalue weighted by molar-refractivity contribution is 5.70. The van der Waals surface area contributed by atoms with Gasteiger partial charge in [0.15, 0.2) is 6.10 Å². The van der Waals surface area contributed by atoms with Crippen LogP contribution in [0.25, 0.3) is 0 Å². The number of unbranched alkanes of at least 4 members (excludes halogenated alkanes) is 39. The first-order valence-corrected chi connectivity index (χ1v) is 26.2. The summed E-state index contributed by atoms with van der Waals surface area (Å²) in [5.74, 6) is -0.608. The smallest absolute Gasteiger partial charge is 0.306 e. The highest BCUT2D eigenvalue weighted by atomic mass is 16.6. The van der Waals surface area contributed by atoms with Gasteiger partial charge in [-0.15, -0.1) is 0 Å². The lowest BCUT2D eigenvalue weighted by Crippen LogP contribution is -2.28. The number of rotatable bonds is 49. The van der Waals surface area contributed by atoms with Crippen molar-refractivity contribution in [3.05, 3.63) is 12.2 Å². The number of allylic oxidation sites excluding steroid dienone is 2. The molecule has 0 saturated heterocycles. The molecule has 1 N–H and O–H groups in total. The van der Waals surface area contributed by atoms with Gasteiger partial charge in [0.2, 0.25) is 0 Å². The van der Waals surface area contributed by atoms with Gasteiger partial charge >= 0.3 is 11.9 Å². The molecule has 5 heteroatoms. The highest BCUT2D eigenvalue weighted by Gasteiger charge is 2.16. The summed E-state index contributed by atoms with van der Waals surface area (Å²) in [4.78, 5) is 24.4. The zero-order valence-electron chi connectivity index (χ0n) is 39.3. The summed E-state index contributed by atoms with van der Waals surface area (Å²) in [7, 11) is 0. The van der Waals surface area contributed by atoms with E-state index < -0.39 is 6.10 Å². The Morgan fingerprint density at radius 2 is 0.655 bits per heavy atom. The van der Waals surface area contributed by atoms with Gasteiger partial charge in [0.1, 0.15) is 6.61 Å². The molecule has 58 heavy (non-hydrogen) atoms. The number of carbonyl (C=O) groups is 2. The molecule has 0 aliphatic rings. The van der Waals surface area contributed by atoms with Gasteiger partial charge in [-0.3, -0.25) is 9.59 Å². The number of aliphatic hydroxyl groups excluding tert-OH is 1. The molecule has 0 rings (SSSR count). The summed E-state index contributed by atoms with van der Waals surface area (Å²) < 4.78 is 10.7. The van der Waals surface area contributed by atoms with Crippen molar-refractivity contribution in [1.29, 1.82) is 0 Å². The topological polar surface area (TPSA) is 72.8 Å². The molecule has 0 fully saturated rings. The molecule has 0 heterocycles. The monoisotopic (exact) mass is 819 g/mol. The summed E-state index contributed by atoms with van der Waals surface area (Å²) in [5, 5.41) is 9.62. The van der Waals surface area contributed by atoms with E-state index >= 15 is 0 Å². The van der Waals surface area contributed by atoms with Crippen LogP contribution in [0.3, 0.4) is 0 Å². The molecule has 0 amide bonds. The summed E-state index contributed by atoms with van der Waals surface area (Å²) in [6.07, 6.45) is 60.4. The Balaban J connectivity index is 3.46. The molecule has 0 unspecified atom stereocenters. The minimum atomic E-state index is -0.777. The van der Waals surface area contributed by atoms with Crippen molar-refractivity contribution in [1.82, 2.24) is 0 Å². The Morgan fingerprint density at radius 3 is 0.983 bits per heavy atom. The Bertz CT molecular complexity index is 840. The fourth-order valence-electron chi connectivity index (χ4n) is 8.09. The van der Waals surface area contributed by atoms with Gasteiger partial charge < -0.3 is 14.6 Å². The second-order valence-corrected chi connectivity index (χ2v) is 18.0. The minimum Gasteiger partial charge on any atom is -0.462 e. The van der Waals surface area contributed by atoms with Crippen LogP contribution < -0.4 is 0 Å². The number of hydrogen-bond acceptors (Lipinski definition) is 5. The van der Waals surface area contributed by atoms with Gasteiger partial charge in [0, 0.05) is 12.8 Å². The van der Waals surface area contributed by atoms with Gasteiger partial charge in [0.25, 0.3) is 0 Å². The fourth-order valence-corrected chi connectivity index (χ4v) is 8.09. The molecule has 0 saturated carbocycles. The zero-order chi connectivity index (χ0) is 42.1. The van der Waals surface area contributed by atoms with Gasteiger partial charge in [-0.25, -0.2) is 0 Å². The van der Waals surface area contributed by atoms with Crippen molar-refractivity contribution in [3.63, 3.8) is 0 Å². The van der Waals surface area contributed by atoms with Crippen LogP contribution in [0.1, 0.15) is 296 Å². The average molecular weight is 819 g/mol. The van der Waals surface area contributed by atoms with Crippen molar-refractivity contribution in [2.45, 2.75) is 302 Å². The lowest BCUT2D eigenvalue weighted by Gasteiger charge is -2.15. The minimum absolute atomic E-state index is 0.0738. The van der Waals surface area contributed by atoms with E-state index in [-0.39, 0.29) is 25.2 Å². The van der Waals surface area contributed by atoms with Gasteiger partial charge in [-0.1, -0.05) is 264 Å². The van der Waals surface area contributed by atoms with Gasteiger partial charge in [0.05, 0.1) is 6.61 Å². The van der Waals surface area contributed by atoms with Crippen LogP contribution in [-0.4, -0.2) is 36.4 Å². The van der Waals surface area contributed by atoms with Crippen molar-refractivity contribution >= 4 is 11.9 Å². The molecule has 344 valence electrons. The average Bonchev–Trinajstić information content (AvgIpc) is 3.23.